The Labute approximate surface area is 211 Å². The molecule has 1 atom stereocenters. The van der Waals surface area contributed by atoms with E-state index in [2.05, 4.69) is 5.32 Å². The lowest BCUT2D eigenvalue weighted by Gasteiger charge is -2.39. The SMILES string of the molecule is COc1ccc(CCN2C(=O)N[C@@](C)(C3CCN(C(=O)Cc4ccc(SC)cc4)CC3)C2=O)cc1. The highest BCUT2D eigenvalue weighted by Crippen LogP contribution is 2.33. The number of thioether (sulfide) groups is 1. The lowest BCUT2D eigenvalue weighted by molar-refractivity contribution is -0.135. The van der Waals surface area contributed by atoms with Crippen molar-refractivity contribution >= 4 is 29.6 Å². The van der Waals surface area contributed by atoms with Crippen LogP contribution in [0.25, 0.3) is 0 Å². The molecule has 35 heavy (non-hydrogen) atoms. The Bertz CT molecular complexity index is 1060. The van der Waals surface area contributed by atoms with Gasteiger partial charge in [-0.1, -0.05) is 24.3 Å². The van der Waals surface area contributed by atoms with Crippen molar-refractivity contribution in [2.45, 2.75) is 43.0 Å². The molecular weight excluding hydrogens is 462 g/mol. The fourth-order valence-electron chi connectivity index (χ4n) is 4.96. The zero-order chi connectivity index (χ0) is 25.0. The number of nitrogens with one attached hydrogen (secondary N) is 1. The summed E-state index contributed by atoms with van der Waals surface area (Å²) in [6, 6.07) is 15.4. The van der Waals surface area contributed by atoms with E-state index >= 15 is 0 Å². The Morgan fingerprint density at radius 3 is 2.29 bits per heavy atom. The van der Waals surface area contributed by atoms with Gasteiger partial charge in [-0.2, -0.15) is 0 Å². The molecular formula is C27H33N3O4S. The van der Waals surface area contributed by atoms with Crippen molar-refractivity contribution in [3.8, 4) is 5.75 Å². The fourth-order valence-corrected chi connectivity index (χ4v) is 5.37. The van der Waals surface area contributed by atoms with Crippen molar-refractivity contribution in [2.75, 3.05) is 33.0 Å². The molecule has 2 fully saturated rings. The number of likely N-dealkylation sites (tertiary alicyclic amines) is 1. The maximum atomic E-state index is 13.3. The number of imide groups is 1. The van der Waals surface area contributed by atoms with Gasteiger partial charge in [0.05, 0.1) is 13.5 Å². The third kappa shape index (κ3) is 5.48. The second kappa shape index (κ2) is 10.7. The number of nitrogens with zero attached hydrogens (tertiary/aromatic N) is 2. The number of carbonyl (C=O) groups is 3. The van der Waals surface area contributed by atoms with Crippen LogP contribution in [0.5, 0.6) is 5.75 Å². The Hall–Kier alpha value is -3.00. The predicted octanol–water partition coefficient (Wildman–Crippen LogP) is 3.75. The number of carbonyl (C=O) groups excluding carboxylic acids is 3. The monoisotopic (exact) mass is 495 g/mol. The van der Waals surface area contributed by atoms with Gasteiger partial charge in [-0.15, -0.1) is 11.8 Å². The number of piperidine rings is 1. The lowest BCUT2D eigenvalue weighted by atomic mass is 9.78. The molecule has 0 bridgehead atoms. The third-order valence-corrected chi connectivity index (χ3v) is 8.01. The summed E-state index contributed by atoms with van der Waals surface area (Å²) in [5, 5.41) is 2.96. The smallest absolute Gasteiger partial charge is 0.325 e. The highest BCUT2D eigenvalue weighted by molar-refractivity contribution is 7.98. The summed E-state index contributed by atoms with van der Waals surface area (Å²) in [7, 11) is 1.62. The first-order chi connectivity index (χ1) is 16.8. The minimum Gasteiger partial charge on any atom is -0.497 e. The second-order valence-corrected chi connectivity index (χ2v) is 10.2. The van der Waals surface area contributed by atoms with Gasteiger partial charge in [-0.05, 0) is 73.8 Å². The number of amides is 4. The van der Waals surface area contributed by atoms with Crippen molar-refractivity contribution in [3.63, 3.8) is 0 Å². The van der Waals surface area contributed by atoms with Crippen molar-refractivity contribution in [3.05, 3.63) is 59.7 Å². The summed E-state index contributed by atoms with van der Waals surface area (Å²) in [6.45, 7) is 3.35. The largest absolute Gasteiger partial charge is 0.497 e. The number of urea groups is 1. The highest BCUT2D eigenvalue weighted by Gasteiger charge is 2.52. The maximum Gasteiger partial charge on any atom is 0.325 e. The molecule has 186 valence electrons. The molecule has 1 N–H and O–H groups in total. The van der Waals surface area contributed by atoms with Crippen LogP contribution in [0.1, 0.15) is 30.9 Å². The number of benzene rings is 2. The van der Waals surface area contributed by atoms with Crippen LogP contribution >= 0.6 is 11.8 Å². The molecule has 2 heterocycles. The van der Waals surface area contributed by atoms with Crippen LogP contribution in [0.4, 0.5) is 4.79 Å². The van der Waals surface area contributed by atoms with Crippen LogP contribution in [-0.4, -0.2) is 66.2 Å². The number of hydrogen-bond acceptors (Lipinski definition) is 5. The van der Waals surface area contributed by atoms with E-state index in [-0.39, 0.29) is 23.8 Å². The Morgan fingerprint density at radius 1 is 1.06 bits per heavy atom. The van der Waals surface area contributed by atoms with Crippen molar-refractivity contribution < 1.29 is 19.1 Å². The first-order valence-corrected chi connectivity index (χ1v) is 13.2. The molecule has 2 aromatic rings. The second-order valence-electron chi connectivity index (χ2n) is 9.37. The summed E-state index contributed by atoms with van der Waals surface area (Å²) in [5.74, 6) is 0.701. The quantitative estimate of drug-likeness (QED) is 0.446. The van der Waals surface area contributed by atoms with Crippen LogP contribution in [0, 0.1) is 5.92 Å². The molecule has 2 aromatic carbocycles. The van der Waals surface area contributed by atoms with Gasteiger partial charge in [0.2, 0.25) is 5.91 Å². The molecule has 0 radical (unpaired) electrons. The van der Waals surface area contributed by atoms with E-state index in [1.807, 2.05) is 66.6 Å². The van der Waals surface area contributed by atoms with Gasteiger partial charge in [0.1, 0.15) is 11.3 Å². The van der Waals surface area contributed by atoms with Gasteiger partial charge < -0.3 is 15.0 Å². The molecule has 4 rings (SSSR count). The summed E-state index contributed by atoms with van der Waals surface area (Å²) in [6.07, 6.45) is 4.37. The zero-order valence-electron chi connectivity index (χ0n) is 20.6. The van der Waals surface area contributed by atoms with Crippen LogP contribution < -0.4 is 10.1 Å². The highest BCUT2D eigenvalue weighted by atomic mass is 32.2. The Morgan fingerprint density at radius 2 is 1.69 bits per heavy atom. The normalized spacial score (nSPS) is 20.8. The molecule has 2 aliphatic rings. The molecule has 7 nitrogen and oxygen atoms in total. The van der Waals surface area contributed by atoms with E-state index in [1.54, 1.807) is 18.9 Å². The Kier molecular flexibility index (Phi) is 7.69. The van der Waals surface area contributed by atoms with Gasteiger partial charge >= 0.3 is 6.03 Å². The van der Waals surface area contributed by atoms with Crippen molar-refractivity contribution in [1.29, 1.82) is 0 Å². The van der Waals surface area contributed by atoms with E-state index < -0.39 is 5.54 Å². The average molecular weight is 496 g/mol. The zero-order valence-corrected chi connectivity index (χ0v) is 21.4. The first-order valence-electron chi connectivity index (χ1n) is 12.0. The topological polar surface area (TPSA) is 79.0 Å². The molecule has 0 spiro atoms. The predicted molar refractivity (Wildman–Crippen MR) is 137 cm³/mol. The van der Waals surface area contributed by atoms with Crippen LogP contribution in [-0.2, 0) is 22.4 Å². The maximum absolute atomic E-state index is 13.3. The number of ether oxygens (including phenoxy) is 1. The van der Waals surface area contributed by atoms with E-state index in [0.29, 0.717) is 45.3 Å². The van der Waals surface area contributed by atoms with Gasteiger partial charge in [-0.25, -0.2) is 4.79 Å². The molecule has 2 saturated heterocycles. The molecule has 4 amide bonds. The van der Waals surface area contributed by atoms with Gasteiger partial charge in [0.25, 0.3) is 5.91 Å². The van der Waals surface area contributed by atoms with E-state index in [1.165, 1.54) is 9.80 Å². The van der Waals surface area contributed by atoms with Crippen molar-refractivity contribution in [2.24, 2.45) is 5.92 Å². The van der Waals surface area contributed by atoms with Gasteiger partial charge in [-0.3, -0.25) is 14.5 Å². The third-order valence-electron chi connectivity index (χ3n) is 7.26. The molecule has 8 heteroatoms. The number of rotatable bonds is 8. The van der Waals surface area contributed by atoms with Crippen LogP contribution in [0.3, 0.4) is 0 Å². The standard InChI is InChI=1S/C27H33N3O4S/c1-27(25(32)30(26(33)28-27)17-12-19-4-8-22(34-2)9-5-19)21-13-15-29(16-14-21)24(31)18-20-6-10-23(35-3)11-7-20/h4-11,21H,12-18H2,1-3H3,(H,28,33)/t27-/m0/s1. The molecule has 0 unspecified atom stereocenters. The average Bonchev–Trinajstić information content (AvgIpc) is 3.11. The summed E-state index contributed by atoms with van der Waals surface area (Å²) in [5.41, 5.74) is 1.11. The van der Waals surface area contributed by atoms with E-state index in [0.717, 1.165) is 16.9 Å². The van der Waals surface area contributed by atoms with E-state index in [4.69, 9.17) is 4.74 Å². The first kappa shape index (κ1) is 25.1. The Balaban J connectivity index is 1.31. The summed E-state index contributed by atoms with van der Waals surface area (Å²) < 4.78 is 5.18. The van der Waals surface area contributed by atoms with Gasteiger partial charge in [0, 0.05) is 24.5 Å². The minimum atomic E-state index is -0.931. The molecule has 2 aliphatic heterocycles. The van der Waals surface area contributed by atoms with E-state index in [9.17, 15) is 14.4 Å². The summed E-state index contributed by atoms with van der Waals surface area (Å²) >= 11 is 1.68. The molecule has 0 saturated carbocycles. The number of hydrogen-bond donors (Lipinski definition) is 1. The number of methoxy groups -OCH3 is 1. The molecule has 0 aliphatic carbocycles. The van der Waals surface area contributed by atoms with Crippen LogP contribution in [0.15, 0.2) is 53.4 Å². The fraction of sp³-hybridized carbons (Fsp3) is 0.444. The minimum absolute atomic E-state index is 0.00477. The van der Waals surface area contributed by atoms with Crippen LogP contribution in [0.2, 0.25) is 0 Å². The molecule has 0 aromatic heterocycles. The van der Waals surface area contributed by atoms with Crippen molar-refractivity contribution in [1.82, 2.24) is 15.1 Å². The summed E-state index contributed by atoms with van der Waals surface area (Å²) in [4.78, 5) is 43.2. The lowest BCUT2D eigenvalue weighted by Crippen LogP contribution is -2.54. The van der Waals surface area contributed by atoms with Gasteiger partial charge in [0.15, 0.2) is 0 Å².